The van der Waals surface area contributed by atoms with Crippen molar-refractivity contribution in [3.63, 3.8) is 0 Å². The van der Waals surface area contributed by atoms with Crippen molar-refractivity contribution in [2.24, 2.45) is 14.1 Å². The first kappa shape index (κ1) is 23.9. The standard InChI is InChI=1S/C29H29N7O2/c1-18-24(8-9-26(32-18)33(2)12-13-38-5)36-27-22-15-19(21-14-20-10-11-34(3)28(20)31-16-21)6-7-23(22)30-17-25(27)35(4)29(36)37/h6-11,14-17H,12-13H2,1-5H3. The highest BCUT2D eigenvalue weighted by molar-refractivity contribution is 6.05. The fourth-order valence-corrected chi connectivity index (χ4v) is 5.04. The Labute approximate surface area is 219 Å². The Kier molecular flexibility index (Phi) is 5.72. The molecule has 0 spiro atoms. The minimum Gasteiger partial charge on any atom is -0.383 e. The van der Waals surface area contributed by atoms with Crippen LogP contribution < -0.4 is 10.6 Å². The maximum Gasteiger partial charge on any atom is 0.333 e. The molecule has 0 aliphatic heterocycles. The number of nitrogens with zero attached hydrogens (tertiary/aromatic N) is 7. The summed E-state index contributed by atoms with van der Waals surface area (Å²) in [4.78, 5) is 29.8. The summed E-state index contributed by atoms with van der Waals surface area (Å²) >= 11 is 0. The van der Waals surface area contributed by atoms with Crippen LogP contribution in [0.3, 0.4) is 0 Å². The predicted octanol–water partition coefficient (Wildman–Crippen LogP) is 4.22. The Hall–Kier alpha value is -4.50. The maximum atomic E-state index is 13.6. The van der Waals surface area contributed by atoms with Crippen molar-refractivity contribution in [1.29, 1.82) is 0 Å². The molecule has 6 rings (SSSR count). The van der Waals surface area contributed by atoms with Crippen molar-refractivity contribution in [3.8, 4) is 16.8 Å². The van der Waals surface area contributed by atoms with Gasteiger partial charge in [0.1, 0.15) is 11.5 Å². The Bertz CT molecular complexity index is 1900. The lowest BCUT2D eigenvalue weighted by atomic mass is 10.0. The number of pyridine rings is 3. The lowest BCUT2D eigenvalue weighted by molar-refractivity contribution is 0.206. The molecule has 0 fully saturated rings. The van der Waals surface area contributed by atoms with Gasteiger partial charge in [-0.2, -0.15) is 0 Å². The van der Waals surface area contributed by atoms with Crippen LogP contribution in [0, 0.1) is 6.92 Å². The molecular formula is C29H29N7O2. The summed E-state index contributed by atoms with van der Waals surface area (Å²) < 4.78 is 10.6. The van der Waals surface area contributed by atoms with Gasteiger partial charge in [0.2, 0.25) is 0 Å². The number of rotatable bonds is 6. The van der Waals surface area contributed by atoms with E-state index in [0.29, 0.717) is 6.61 Å². The molecule has 1 aromatic carbocycles. The molecule has 9 nitrogen and oxygen atoms in total. The van der Waals surface area contributed by atoms with Crippen LogP contribution in [-0.4, -0.2) is 56.0 Å². The quantitative estimate of drug-likeness (QED) is 0.336. The molecule has 0 saturated carbocycles. The van der Waals surface area contributed by atoms with Gasteiger partial charge in [-0.05, 0) is 48.9 Å². The van der Waals surface area contributed by atoms with E-state index in [2.05, 4.69) is 34.2 Å². The molecule has 6 aromatic rings. The minimum atomic E-state index is -0.141. The summed E-state index contributed by atoms with van der Waals surface area (Å²) in [5, 5.41) is 1.97. The van der Waals surface area contributed by atoms with Gasteiger partial charge in [-0.3, -0.25) is 14.1 Å². The highest BCUT2D eigenvalue weighted by Crippen LogP contribution is 2.31. The normalized spacial score (nSPS) is 11.7. The van der Waals surface area contributed by atoms with Gasteiger partial charge in [0, 0.05) is 63.5 Å². The third kappa shape index (κ3) is 3.74. The second-order valence-electron chi connectivity index (χ2n) is 9.65. The van der Waals surface area contributed by atoms with E-state index in [1.54, 1.807) is 29.5 Å². The molecule has 38 heavy (non-hydrogen) atoms. The second kappa shape index (κ2) is 9.11. The van der Waals surface area contributed by atoms with Crippen molar-refractivity contribution in [3.05, 3.63) is 77.2 Å². The molecule has 0 atom stereocenters. The molecule has 0 bridgehead atoms. The van der Waals surface area contributed by atoms with E-state index in [1.165, 1.54) is 0 Å². The van der Waals surface area contributed by atoms with E-state index in [4.69, 9.17) is 9.72 Å². The van der Waals surface area contributed by atoms with E-state index < -0.39 is 0 Å². The Morgan fingerprint density at radius 1 is 1.00 bits per heavy atom. The number of hydrogen-bond donors (Lipinski definition) is 0. The number of hydrogen-bond acceptors (Lipinski definition) is 6. The van der Waals surface area contributed by atoms with Crippen LogP contribution in [0.4, 0.5) is 5.82 Å². The van der Waals surface area contributed by atoms with Crippen LogP contribution in [0.15, 0.2) is 65.8 Å². The molecule has 5 heterocycles. The third-order valence-electron chi connectivity index (χ3n) is 7.23. The number of likely N-dealkylation sites (N-methyl/N-ethyl adjacent to an activating group) is 1. The largest absolute Gasteiger partial charge is 0.383 e. The van der Waals surface area contributed by atoms with E-state index in [9.17, 15) is 4.79 Å². The van der Waals surface area contributed by atoms with E-state index in [1.807, 2.05) is 61.1 Å². The topological polar surface area (TPSA) is 83.0 Å². The Balaban J connectivity index is 1.55. The lowest BCUT2D eigenvalue weighted by Gasteiger charge is -2.19. The van der Waals surface area contributed by atoms with Gasteiger partial charge in [-0.15, -0.1) is 0 Å². The first-order chi connectivity index (χ1) is 18.4. The number of aryl methyl sites for hydroxylation is 3. The predicted molar refractivity (Wildman–Crippen MR) is 151 cm³/mol. The van der Waals surface area contributed by atoms with Gasteiger partial charge >= 0.3 is 5.69 Å². The van der Waals surface area contributed by atoms with Gasteiger partial charge in [0.05, 0.1) is 40.7 Å². The lowest BCUT2D eigenvalue weighted by Crippen LogP contribution is -2.24. The second-order valence-corrected chi connectivity index (χ2v) is 9.65. The fourth-order valence-electron chi connectivity index (χ4n) is 5.04. The molecular weight excluding hydrogens is 478 g/mol. The van der Waals surface area contributed by atoms with Gasteiger partial charge in [0.25, 0.3) is 0 Å². The third-order valence-corrected chi connectivity index (χ3v) is 7.23. The smallest absolute Gasteiger partial charge is 0.333 e. The van der Waals surface area contributed by atoms with Crippen LogP contribution in [0.2, 0.25) is 0 Å². The number of imidazole rings is 1. The molecule has 0 radical (unpaired) electrons. The van der Waals surface area contributed by atoms with Crippen LogP contribution in [0.5, 0.6) is 0 Å². The zero-order valence-corrected chi connectivity index (χ0v) is 22.1. The average Bonchev–Trinajstić information content (AvgIpc) is 3.43. The monoisotopic (exact) mass is 507 g/mol. The molecule has 0 aliphatic rings. The first-order valence-corrected chi connectivity index (χ1v) is 12.5. The van der Waals surface area contributed by atoms with Crippen molar-refractivity contribution >= 4 is 38.8 Å². The van der Waals surface area contributed by atoms with Gasteiger partial charge in [-0.25, -0.2) is 14.8 Å². The van der Waals surface area contributed by atoms with Crippen LogP contribution in [0.1, 0.15) is 5.69 Å². The SMILES string of the molecule is COCCN(C)c1ccc(-n2c(=O)n(C)c3cnc4ccc(-c5cnc6c(ccn6C)c5)cc4c32)c(C)n1. The number of aromatic nitrogens is 6. The highest BCUT2D eigenvalue weighted by atomic mass is 16.5. The molecule has 0 amide bonds. The molecule has 192 valence electrons. The first-order valence-electron chi connectivity index (χ1n) is 12.5. The number of fused-ring (bicyclic) bond motifs is 4. The van der Waals surface area contributed by atoms with E-state index >= 15 is 0 Å². The van der Waals surface area contributed by atoms with Crippen LogP contribution >= 0.6 is 0 Å². The highest BCUT2D eigenvalue weighted by Gasteiger charge is 2.19. The van der Waals surface area contributed by atoms with Crippen molar-refractivity contribution < 1.29 is 4.74 Å². The van der Waals surface area contributed by atoms with Crippen LogP contribution in [0.25, 0.3) is 49.8 Å². The Morgan fingerprint density at radius 2 is 1.84 bits per heavy atom. The molecule has 9 heteroatoms. The summed E-state index contributed by atoms with van der Waals surface area (Å²) in [6, 6.07) is 14.3. The van der Waals surface area contributed by atoms with Gasteiger partial charge in [0.15, 0.2) is 0 Å². The maximum absolute atomic E-state index is 13.6. The summed E-state index contributed by atoms with van der Waals surface area (Å²) in [6.45, 7) is 3.26. The summed E-state index contributed by atoms with van der Waals surface area (Å²) in [5.41, 5.74) is 6.71. The van der Waals surface area contributed by atoms with Crippen molar-refractivity contribution in [2.45, 2.75) is 6.92 Å². The van der Waals surface area contributed by atoms with E-state index in [-0.39, 0.29) is 5.69 Å². The molecule has 0 aliphatic carbocycles. The zero-order chi connectivity index (χ0) is 26.6. The van der Waals surface area contributed by atoms with Crippen LogP contribution in [-0.2, 0) is 18.8 Å². The summed E-state index contributed by atoms with van der Waals surface area (Å²) in [6.07, 6.45) is 5.67. The summed E-state index contributed by atoms with van der Waals surface area (Å²) in [5.74, 6) is 0.828. The Morgan fingerprint density at radius 3 is 2.63 bits per heavy atom. The van der Waals surface area contributed by atoms with Gasteiger partial charge < -0.3 is 14.2 Å². The number of benzene rings is 1. The van der Waals surface area contributed by atoms with Gasteiger partial charge in [-0.1, -0.05) is 6.07 Å². The molecule has 0 saturated heterocycles. The number of methoxy groups -OCH3 is 1. The van der Waals surface area contributed by atoms with Crippen molar-refractivity contribution in [2.75, 3.05) is 32.2 Å². The fraction of sp³-hybridized carbons (Fsp3) is 0.241. The average molecular weight is 508 g/mol. The molecule has 5 aromatic heterocycles. The molecule has 0 N–H and O–H groups in total. The summed E-state index contributed by atoms with van der Waals surface area (Å²) in [7, 11) is 7.43. The minimum absolute atomic E-state index is 0.141. The van der Waals surface area contributed by atoms with Crippen molar-refractivity contribution in [1.82, 2.24) is 28.7 Å². The number of anilines is 1. The zero-order valence-electron chi connectivity index (χ0n) is 22.1. The molecule has 0 unspecified atom stereocenters. The number of ether oxygens (including phenoxy) is 1. The van der Waals surface area contributed by atoms with E-state index in [0.717, 1.165) is 67.8 Å².